The molecule has 1 heterocycles. The van der Waals surface area contributed by atoms with Gasteiger partial charge in [-0.05, 0) is 30.2 Å². The average Bonchev–Trinajstić information content (AvgIpc) is 2.66. The van der Waals surface area contributed by atoms with E-state index in [-0.39, 0.29) is 30.2 Å². The van der Waals surface area contributed by atoms with E-state index in [0.29, 0.717) is 26.3 Å². The van der Waals surface area contributed by atoms with Crippen molar-refractivity contribution in [2.75, 3.05) is 26.3 Å². The second kappa shape index (κ2) is 9.54. The van der Waals surface area contributed by atoms with Crippen molar-refractivity contribution in [1.82, 2.24) is 15.8 Å². The molecule has 154 valence electrons. The van der Waals surface area contributed by atoms with Crippen molar-refractivity contribution in [3.8, 4) is 0 Å². The topological polar surface area (TPSA) is 87.7 Å². The van der Waals surface area contributed by atoms with E-state index in [2.05, 4.69) is 10.9 Å². The lowest BCUT2D eigenvalue weighted by atomic mass is 10.0. The molecule has 1 fully saturated rings. The van der Waals surface area contributed by atoms with Crippen molar-refractivity contribution in [3.63, 3.8) is 0 Å². The zero-order chi connectivity index (χ0) is 20.7. The van der Waals surface area contributed by atoms with Gasteiger partial charge < -0.3 is 9.64 Å². The predicted octanol–water partition coefficient (Wildman–Crippen LogP) is 1.74. The third-order valence-electron chi connectivity index (χ3n) is 4.21. The van der Waals surface area contributed by atoms with Gasteiger partial charge in [0.25, 0.3) is 5.91 Å². The molecule has 1 aromatic rings. The van der Waals surface area contributed by atoms with Crippen molar-refractivity contribution in [3.05, 3.63) is 35.4 Å². The molecule has 0 bridgehead atoms. The maximum absolute atomic E-state index is 12.5. The number of morpholine rings is 1. The van der Waals surface area contributed by atoms with Crippen LogP contribution in [0.4, 0.5) is 13.2 Å². The molecule has 1 atom stereocenters. The molecule has 0 unspecified atom stereocenters. The second-order valence-electron chi connectivity index (χ2n) is 6.58. The molecular weight excluding hydrogens is 379 g/mol. The van der Waals surface area contributed by atoms with Gasteiger partial charge in [-0.1, -0.05) is 6.92 Å². The monoisotopic (exact) mass is 401 g/mol. The zero-order valence-corrected chi connectivity index (χ0v) is 15.3. The molecule has 2 N–H and O–H groups in total. The van der Waals surface area contributed by atoms with Crippen molar-refractivity contribution >= 4 is 17.7 Å². The van der Waals surface area contributed by atoms with Crippen molar-refractivity contribution < 1.29 is 32.3 Å². The summed E-state index contributed by atoms with van der Waals surface area (Å²) in [4.78, 5) is 37.6. The number of hydrogen-bond acceptors (Lipinski definition) is 4. The number of nitrogens with one attached hydrogen (secondary N) is 2. The molecule has 3 amide bonds. The minimum Gasteiger partial charge on any atom is -0.378 e. The highest BCUT2D eigenvalue weighted by Gasteiger charge is 2.30. The maximum atomic E-state index is 12.5. The molecule has 1 saturated heterocycles. The van der Waals surface area contributed by atoms with Gasteiger partial charge in [0.2, 0.25) is 11.8 Å². The Labute approximate surface area is 160 Å². The lowest BCUT2D eigenvalue weighted by Crippen LogP contribution is -2.43. The fourth-order valence-electron chi connectivity index (χ4n) is 2.69. The Kier molecular flexibility index (Phi) is 7.38. The quantitative estimate of drug-likeness (QED) is 0.736. The lowest BCUT2D eigenvalue weighted by molar-refractivity contribution is -0.138. The summed E-state index contributed by atoms with van der Waals surface area (Å²) < 4.78 is 42.7. The first-order valence-corrected chi connectivity index (χ1v) is 8.79. The molecule has 0 aliphatic carbocycles. The van der Waals surface area contributed by atoms with Crippen LogP contribution >= 0.6 is 0 Å². The van der Waals surface area contributed by atoms with Crippen LogP contribution in [0.2, 0.25) is 0 Å². The molecule has 0 saturated carbocycles. The molecule has 0 radical (unpaired) electrons. The number of rotatable bonds is 5. The van der Waals surface area contributed by atoms with Crippen molar-refractivity contribution in [2.24, 2.45) is 5.92 Å². The number of ether oxygens (including phenoxy) is 1. The summed E-state index contributed by atoms with van der Waals surface area (Å²) in [5.74, 6) is -1.53. The zero-order valence-electron chi connectivity index (χ0n) is 15.3. The van der Waals surface area contributed by atoms with Crippen LogP contribution in [-0.2, 0) is 20.5 Å². The third-order valence-corrected chi connectivity index (χ3v) is 4.21. The summed E-state index contributed by atoms with van der Waals surface area (Å²) in [6.45, 7) is 3.80. The molecular formula is C18H22F3N3O4. The summed E-state index contributed by atoms with van der Waals surface area (Å²) in [7, 11) is 0. The SMILES string of the molecule is C[C@H](CC(=O)NNC(=O)c1ccc(C(F)(F)F)cc1)CC(=O)N1CCOCC1. The Hall–Kier alpha value is -2.62. The molecule has 1 aliphatic rings. The van der Waals surface area contributed by atoms with Crippen LogP contribution in [0.3, 0.4) is 0 Å². The number of alkyl halides is 3. The highest BCUT2D eigenvalue weighted by atomic mass is 19.4. The van der Waals surface area contributed by atoms with Crippen LogP contribution in [0, 0.1) is 5.92 Å². The van der Waals surface area contributed by atoms with Crippen molar-refractivity contribution in [2.45, 2.75) is 25.9 Å². The number of carbonyl (C=O) groups excluding carboxylic acids is 3. The highest BCUT2D eigenvalue weighted by molar-refractivity contribution is 5.95. The van der Waals surface area contributed by atoms with Gasteiger partial charge in [-0.25, -0.2) is 0 Å². The van der Waals surface area contributed by atoms with Crippen LogP contribution in [-0.4, -0.2) is 48.9 Å². The van der Waals surface area contributed by atoms with Gasteiger partial charge in [-0.15, -0.1) is 0 Å². The highest BCUT2D eigenvalue weighted by Crippen LogP contribution is 2.29. The van der Waals surface area contributed by atoms with Gasteiger partial charge in [0.1, 0.15) is 0 Å². The summed E-state index contributed by atoms with van der Waals surface area (Å²) in [6, 6.07) is 3.62. The second-order valence-corrected chi connectivity index (χ2v) is 6.58. The normalized spacial score (nSPS) is 15.6. The first kappa shape index (κ1) is 21.7. The number of benzene rings is 1. The van der Waals surface area contributed by atoms with Crippen molar-refractivity contribution in [1.29, 1.82) is 0 Å². The average molecular weight is 401 g/mol. The minimum atomic E-state index is -4.49. The van der Waals surface area contributed by atoms with Gasteiger partial charge in [0.05, 0.1) is 18.8 Å². The van der Waals surface area contributed by atoms with E-state index < -0.39 is 23.6 Å². The first-order chi connectivity index (χ1) is 13.2. The van der Waals surface area contributed by atoms with Gasteiger partial charge in [0.15, 0.2) is 0 Å². The van der Waals surface area contributed by atoms with Gasteiger partial charge >= 0.3 is 6.18 Å². The van der Waals surface area contributed by atoms with E-state index in [4.69, 9.17) is 4.74 Å². The summed E-state index contributed by atoms with van der Waals surface area (Å²) >= 11 is 0. The molecule has 2 rings (SSSR count). The van der Waals surface area contributed by atoms with Crippen LogP contribution < -0.4 is 10.9 Å². The maximum Gasteiger partial charge on any atom is 0.416 e. The summed E-state index contributed by atoms with van der Waals surface area (Å²) in [5, 5.41) is 0. The number of halogens is 3. The van der Waals surface area contributed by atoms with E-state index in [1.54, 1.807) is 11.8 Å². The lowest BCUT2D eigenvalue weighted by Gasteiger charge is -2.27. The molecule has 0 aromatic heterocycles. The number of carbonyl (C=O) groups is 3. The Morgan fingerprint density at radius 1 is 1.07 bits per heavy atom. The van der Waals surface area contributed by atoms with Gasteiger partial charge in [0, 0.05) is 31.5 Å². The Balaban J connectivity index is 1.75. The third kappa shape index (κ3) is 6.52. The Bertz CT molecular complexity index is 701. The fourth-order valence-corrected chi connectivity index (χ4v) is 2.69. The number of nitrogens with zero attached hydrogens (tertiary/aromatic N) is 1. The number of hydrogen-bond donors (Lipinski definition) is 2. The Morgan fingerprint density at radius 2 is 1.68 bits per heavy atom. The number of hydrazine groups is 1. The van der Waals surface area contributed by atoms with E-state index in [1.807, 2.05) is 0 Å². The van der Waals surface area contributed by atoms with Gasteiger partial charge in [-0.3, -0.25) is 25.2 Å². The largest absolute Gasteiger partial charge is 0.416 e. The number of amides is 3. The smallest absolute Gasteiger partial charge is 0.378 e. The van der Waals surface area contributed by atoms with E-state index in [9.17, 15) is 27.6 Å². The van der Waals surface area contributed by atoms with E-state index in [0.717, 1.165) is 24.3 Å². The van der Waals surface area contributed by atoms with E-state index in [1.165, 1.54) is 0 Å². The molecule has 28 heavy (non-hydrogen) atoms. The van der Waals surface area contributed by atoms with Gasteiger partial charge in [-0.2, -0.15) is 13.2 Å². The van der Waals surface area contributed by atoms with Crippen LogP contribution in [0.25, 0.3) is 0 Å². The fraction of sp³-hybridized carbons (Fsp3) is 0.500. The van der Waals surface area contributed by atoms with Crippen LogP contribution in [0.15, 0.2) is 24.3 Å². The summed E-state index contributed by atoms with van der Waals surface area (Å²) in [6.07, 6.45) is -4.28. The predicted molar refractivity (Wildman–Crippen MR) is 92.8 cm³/mol. The summed E-state index contributed by atoms with van der Waals surface area (Å²) in [5.41, 5.74) is 3.46. The molecule has 7 nitrogen and oxygen atoms in total. The molecule has 10 heteroatoms. The van der Waals surface area contributed by atoms with E-state index >= 15 is 0 Å². The minimum absolute atomic E-state index is 0.0172. The first-order valence-electron chi connectivity index (χ1n) is 8.79. The molecule has 1 aromatic carbocycles. The molecule has 1 aliphatic heterocycles. The van der Waals surface area contributed by atoms with Crippen LogP contribution in [0.1, 0.15) is 35.7 Å². The standard InChI is InChI=1S/C18H22F3N3O4/c1-12(11-16(26)24-6-8-28-9-7-24)10-15(25)22-23-17(27)13-2-4-14(5-3-13)18(19,20)21/h2-5,12H,6-11H2,1H3,(H,22,25)(H,23,27)/t12-/m1/s1. The Morgan fingerprint density at radius 3 is 2.25 bits per heavy atom. The molecule has 0 spiro atoms. The van der Waals surface area contributed by atoms with Crippen LogP contribution in [0.5, 0.6) is 0 Å².